The van der Waals surface area contributed by atoms with Gasteiger partial charge in [-0.05, 0) is 73.2 Å². The molecule has 0 saturated heterocycles. The maximum Gasteiger partial charge on any atom is 0.255 e. The maximum absolute atomic E-state index is 12.4. The van der Waals surface area contributed by atoms with Gasteiger partial charge >= 0.3 is 0 Å². The van der Waals surface area contributed by atoms with Gasteiger partial charge in [0.2, 0.25) is 11.8 Å². The Morgan fingerprint density at radius 1 is 0.824 bits per heavy atom. The van der Waals surface area contributed by atoms with Crippen LogP contribution in [-0.2, 0) is 9.59 Å². The van der Waals surface area contributed by atoms with E-state index in [2.05, 4.69) is 21.3 Å². The molecule has 0 fully saturated rings. The van der Waals surface area contributed by atoms with Gasteiger partial charge in [-0.3, -0.25) is 14.4 Å². The number of benzene rings is 3. The van der Waals surface area contributed by atoms with Gasteiger partial charge in [-0.25, -0.2) is 0 Å². The number of hydrogen-bond acceptors (Lipinski definition) is 5. The van der Waals surface area contributed by atoms with Gasteiger partial charge in [0.05, 0.1) is 20.2 Å². The Morgan fingerprint density at radius 2 is 1.50 bits per heavy atom. The van der Waals surface area contributed by atoms with Crippen molar-refractivity contribution in [2.24, 2.45) is 0 Å². The van der Waals surface area contributed by atoms with E-state index in [0.29, 0.717) is 33.4 Å². The number of amides is 3. The number of hydrogen-bond donors (Lipinski definition) is 4. The predicted octanol–water partition coefficient (Wildman–Crippen LogP) is 4.08. The van der Waals surface area contributed by atoms with E-state index in [-0.39, 0.29) is 30.8 Å². The molecule has 3 amide bonds. The standard InChI is InChI=1S/C25H25ClN4O4/c1-16-21(26)4-3-5-22(16)30-24(32)15-28-23(31)14-27-18-8-6-17(7-9-18)25(33)29-19-10-12-20(34-2)13-11-19/h3-13,27H,14-15H2,1-2H3,(H,28,31)(H,29,33)(H,30,32). The van der Waals surface area contributed by atoms with Crippen molar-refractivity contribution in [1.29, 1.82) is 0 Å². The lowest BCUT2D eigenvalue weighted by Crippen LogP contribution is -2.36. The fourth-order valence-corrected chi connectivity index (χ4v) is 3.15. The number of carbonyl (C=O) groups is 3. The van der Waals surface area contributed by atoms with E-state index < -0.39 is 0 Å². The van der Waals surface area contributed by atoms with Gasteiger partial charge in [-0.15, -0.1) is 0 Å². The second kappa shape index (κ2) is 11.7. The van der Waals surface area contributed by atoms with Gasteiger partial charge in [-0.2, -0.15) is 0 Å². The van der Waals surface area contributed by atoms with Crippen LogP contribution in [0.4, 0.5) is 17.1 Å². The van der Waals surface area contributed by atoms with Crippen LogP contribution in [-0.4, -0.2) is 37.9 Å². The molecule has 0 unspecified atom stereocenters. The Bertz CT molecular complexity index is 1160. The van der Waals surface area contributed by atoms with Gasteiger partial charge in [-0.1, -0.05) is 17.7 Å². The van der Waals surface area contributed by atoms with Crippen LogP contribution in [0.2, 0.25) is 5.02 Å². The van der Waals surface area contributed by atoms with Gasteiger partial charge in [0.25, 0.3) is 5.91 Å². The van der Waals surface area contributed by atoms with Crippen molar-refractivity contribution in [3.05, 3.63) is 82.9 Å². The number of nitrogens with one attached hydrogen (secondary N) is 4. The highest BCUT2D eigenvalue weighted by Gasteiger charge is 2.10. The molecule has 3 aromatic carbocycles. The van der Waals surface area contributed by atoms with E-state index in [0.717, 1.165) is 5.56 Å². The fraction of sp³-hybridized carbons (Fsp3) is 0.160. The molecular weight excluding hydrogens is 456 g/mol. The lowest BCUT2D eigenvalue weighted by Gasteiger charge is -2.11. The number of anilines is 3. The Morgan fingerprint density at radius 3 is 2.18 bits per heavy atom. The lowest BCUT2D eigenvalue weighted by molar-refractivity contribution is -0.122. The van der Waals surface area contributed by atoms with E-state index in [4.69, 9.17) is 16.3 Å². The average Bonchev–Trinajstić information content (AvgIpc) is 2.85. The smallest absolute Gasteiger partial charge is 0.255 e. The van der Waals surface area contributed by atoms with Crippen LogP contribution < -0.4 is 26.0 Å². The van der Waals surface area contributed by atoms with E-state index >= 15 is 0 Å². The second-order valence-electron chi connectivity index (χ2n) is 7.35. The SMILES string of the molecule is COc1ccc(NC(=O)c2ccc(NCC(=O)NCC(=O)Nc3cccc(Cl)c3C)cc2)cc1. The first kappa shape index (κ1) is 24.6. The normalized spacial score (nSPS) is 10.2. The summed E-state index contributed by atoms with van der Waals surface area (Å²) in [6, 6.07) is 18.9. The van der Waals surface area contributed by atoms with Crippen molar-refractivity contribution in [1.82, 2.24) is 5.32 Å². The molecule has 0 bridgehead atoms. The quantitative estimate of drug-likeness (QED) is 0.369. The molecule has 0 aromatic heterocycles. The Balaban J connectivity index is 1.42. The molecule has 176 valence electrons. The Labute approximate surface area is 202 Å². The molecule has 0 aliphatic carbocycles. The number of halogens is 1. The van der Waals surface area contributed by atoms with Crippen molar-refractivity contribution in [2.45, 2.75) is 6.92 Å². The molecule has 0 aliphatic heterocycles. The summed E-state index contributed by atoms with van der Waals surface area (Å²) < 4.78 is 5.10. The number of ether oxygens (including phenoxy) is 1. The van der Waals surface area contributed by atoms with E-state index in [9.17, 15) is 14.4 Å². The first-order chi connectivity index (χ1) is 16.4. The van der Waals surface area contributed by atoms with Crippen molar-refractivity contribution >= 4 is 46.4 Å². The Hall–Kier alpha value is -4.04. The summed E-state index contributed by atoms with van der Waals surface area (Å²) in [6.45, 7) is 1.60. The molecule has 34 heavy (non-hydrogen) atoms. The monoisotopic (exact) mass is 480 g/mol. The minimum Gasteiger partial charge on any atom is -0.497 e. The summed E-state index contributed by atoms with van der Waals surface area (Å²) in [5.74, 6) is -0.255. The molecule has 9 heteroatoms. The number of methoxy groups -OCH3 is 1. The first-order valence-electron chi connectivity index (χ1n) is 10.5. The molecule has 0 atom stereocenters. The van der Waals surface area contributed by atoms with Crippen molar-refractivity contribution in [3.8, 4) is 5.75 Å². The summed E-state index contributed by atoms with van der Waals surface area (Å²) >= 11 is 6.04. The molecule has 0 radical (unpaired) electrons. The summed E-state index contributed by atoms with van der Waals surface area (Å²) in [6.07, 6.45) is 0. The number of rotatable bonds is 9. The Kier molecular flexibility index (Phi) is 8.48. The molecular formula is C25H25ClN4O4. The van der Waals surface area contributed by atoms with Crippen LogP contribution in [0, 0.1) is 6.92 Å². The van der Waals surface area contributed by atoms with Crippen LogP contribution in [0.5, 0.6) is 5.75 Å². The lowest BCUT2D eigenvalue weighted by atomic mass is 10.2. The fourth-order valence-electron chi connectivity index (χ4n) is 2.98. The molecule has 3 aromatic rings. The molecule has 4 N–H and O–H groups in total. The van der Waals surface area contributed by atoms with Gasteiger partial charge in [0.1, 0.15) is 5.75 Å². The third-order valence-corrected chi connectivity index (χ3v) is 5.35. The van der Waals surface area contributed by atoms with Crippen molar-refractivity contribution in [3.63, 3.8) is 0 Å². The average molecular weight is 481 g/mol. The largest absolute Gasteiger partial charge is 0.497 e. The van der Waals surface area contributed by atoms with Gasteiger partial charge in [0.15, 0.2) is 0 Å². The van der Waals surface area contributed by atoms with E-state index in [1.807, 2.05) is 0 Å². The first-order valence-corrected chi connectivity index (χ1v) is 10.8. The third kappa shape index (κ3) is 6.98. The van der Waals surface area contributed by atoms with Gasteiger partial charge in [0, 0.05) is 27.6 Å². The highest BCUT2D eigenvalue weighted by molar-refractivity contribution is 6.31. The van der Waals surface area contributed by atoms with Crippen LogP contribution in [0.15, 0.2) is 66.7 Å². The molecule has 8 nitrogen and oxygen atoms in total. The minimum absolute atomic E-state index is 0.0269. The van der Waals surface area contributed by atoms with Crippen molar-refractivity contribution < 1.29 is 19.1 Å². The van der Waals surface area contributed by atoms with Crippen molar-refractivity contribution in [2.75, 3.05) is 36.1 Å². The highest BCUT2D eigenvalue weighted by atomic mass is 35.5. The molecule has 0 aliphatic rings. The summed E-state index contributed by atoms with van der Waals surface area (Å²) in [5.41, 5.74) is 3.14. The summed E-state index contributed by atoms with van der Waals surface area (Å²) in [7, 11) is 1.58. The van der Waals surface area contributed by atoms with E-state index in [1.54, 1.807) is 80.8 Å². The molecule has 0 spiro atoms. The van der Waals surface area contributed by atoms with Crippen LogP contribution >= 0.6 is 11.6 Å². The molecule has 0 saturated carbocycles. The third-order valence-electron chi connectivity index (χ3n) is 4.94. The molecule has 3 rings (SSSR count). The highest BCUT2D eigenvalue weighted by Crippen LogP contribution is 2.22. The predicted molar refractivity (Wildman–Crippen MR) is 134 cm³/mol. The van der Waals surface area contributed by atoms with Gasteiger partial charge < -0.3 is 26.0 Å². The van der Waals surface area contributed by atoms with Crippen LogP contribution in [0.3, 0.4) is 0 Å². The molecule has 0 heterocycles. The zero-order chi connectivity index (χ0) is 24.5. The second-order valence-corrected chi connectivity index (χ2v) is 7.76. The van der Waals surface area contributed by atoms with Crippen LogP contribution in [0.1, 0.15) is 15.9 Å². The summed E-state index contributed by atoms with van der Waals surface area (Å²) in [5, 5.41) is 11.6. The topological polar surface area (TPSA) is 109 Å². The zero-order valence-corrected chi connectivity index (χ0v) is 19.5. The zero-order valence-electron chi connectivity index (χ0n) is 18.8. The minimum atomic E-state index is -0.356. The van der Waals surface area contributed by atoms with Crippen LogP contribution in [0.25, 0.3) is 0 Å². The number of carbonyl (C=O) groups excluding carboxylic acids is 3. The maximum atomic E-state index is 12.4. The summed E-state index contributed by atoms with van der Waals surface area (Å²) in [4.78, 5) is 36.5. The van der Waals surface area contributed by atoms with E-state index in [1.165, 1.54) is 0 Å².